The smallest absolute Gasteiger partial charge is 0.124 e. The fourth-order valence-electron chi connectivity index (χ4n) is 2.10. The zero-order valence-corrected chi connectivity index (χ0v) is 12.5. The molecule has 1 heterocycles. The molecule has 0 N–H and O–H groups in total. The lowest BCUT2D eigenvalue weighted by molar-refractivity contribution is 0.630. The monoisotopic (exact) mass is 334 g/mol. The third kappa shape index (κ3) is 2.88. The Labute approximate surface area is 124 Å². The number of hydrogen-bond donors (Lipinski definition) is 0. The molecule has 0 amide bonds. The third-order valence-electron chi connectivity index (χ3n) is 3.07. The molecule has 0 fully saturated rings. The van der Waals surface area contributed by atoms with Crippen LogP contribution in [0, 0.1) is 5.82 Å². The summed E-state index contributed by atoms with van der Waals surface area (Å²) in [6.45, 7) is 0. The Bertz CT molecular complexity index is 690. The minimum Gasteiger partial charge on any atom is -0.207 e. The van der Waals surface area contributed by atoms with Gasteiger partial charge >= 0.3 is 0 Å². The molecule has 1 aromatic heterocycles. The number of thiophene rings is 1. The van der Waals surface area contributed by atoms with Crippen molar-refractivity contribution in [1.82, 2.24) is 0 Å². The van der Waals surface area contributed by atoms with Gasteiger partial charge in [-0.15, -0.1) is 11.3 Å². The van der Waals surface area contributed by atoms with Crippen LogP contribution in [-0.2, 0) is 6.42 Å². The Morgan fingerprint density at radius 3 is 2.63 bits per heavy atom. The summed E-state index contributed by atoms with van der Waals surface area (Å²) in [7, 11) is 0. The van der Waals surface area contributed by atoms with Crippen molar-refractivity contribution < 1.29 is 4.39 Å². The van der Waals surface area contributed by atoms with E-state index in [4.69, 9.17) is 0 Å². The van der Waals surface area contributed by atoms with Gasteiger partial charge in [-0.2, -0.15) is 0 Å². The van der Waals surface area contributed by atoms with E-state index in [1.165, 1.54) is 16.5 Å². The van der Waals surface area contributed by atoms with E-state index in [0.717, 1.165) is 16.5 Å². The first kappa shape index (κ1) is 12.8. The number of halogens is 2. The van der Waals surface area contributed by atoms with Gasteiger partial charge in [0.1, 0.15) is 5.82 Å². The lowest BCUT2D eigenvalue weighted by Gasteiger charge is -2.07. The molecule has 0 bridgehead atoms. The van der Waals surface area contributed by atoms with Crippen molar-refractivity contribution in [3.05, 3.63) is 70.9 Å². The second kappa shape index (κ2) is 5.43. The lowest BCUT2D eigenvalue weighted by Crippen LogP contribution is -1.91. The summed E-state index contributed by atoms with van der Waals surface area (Å²) in [6.07, 6.45) is 0.941. The fourth-order valence-corrected chi connectivity index (χ4v) is 3.96. The number of benzene rings is 2. The number of alkyl halides is 1. The molecule has 1 unspecified atom stereocenters. The number of hydrogen-bond acceptors (Lipinski definition) is 1. The zero-order valence-electron chi connectivity index (χ0n) is 10.1. The Morgan fingerprint density at radius 2 is 1.84 bits per heavy atom. The van der Waals surface area contributed by atoms with Crippen LogP contribution in [0.15, 0.2) is 54.6 Å². The van der Waals surface area contributed by atoms with Crippen LogP contribution in [-0.4, -0.2) is 0 Å². The van der Waals surface area contributed by atoms with Crippen LogP contribution in [0.25, 0.3) is 10.1 Å². The summed E-state index contributed by atoms with van der Waals surface area (Å²) in [5.41, 5.74) is 1.30. The average molecular weight is 335 g/mol. The number of fused-ring (bicyclic) bond motifs is 1. The van der Waals surface area contributed by atoms with Crippen molar-refractivity contribution >= 4 is 37.4 Å². The first-order valence-corrected chi connectivity index (χ1v) is 7.82. The molecular formula is C16H12BrFS. The van der Waals surface area contributed by atoms with Crippen molar-refractivity contribution in [3.8, 4) is 0 Å². The quantitative estimate of drug-likeness (QED) is 0.537. The normalized spacial score (nSPS) is 12.7. The molecule has 19 heavy (non-hydrogen) atoms. The summed E-state index contributed by atoms with van der Waals surface area (Å²) in [4.78, 5) is 1.51. The van der Waals surface area contributed by atoms with Crippen LogP contribution in [0.2, 0.25) is 0 Å². The molecule has 0 nitrogen and oxygen atoms in total. The van der Waals surface area contributed by atoms with Crippen LogP contribution >= 0.6 is 27.3 Å². The Balaban J connectivity index is 1.87. The highest BCUT2D eigenvalue weighted by Crippen LogP contribution is 2.36. The number of rotatable bonds is 3. The Hall–Kier alpha value is -1.19. The van der Waals surface area contributed by atoms with E-state index < -0.39 is 0 Å². The molecule has 3 heteroatoms. The lowest BCUT2D eigenvalue weighted by atomic mass is 10.1. The molecule has 0 spiro atoms. The summed E-state index contributed by atoms with van der Waals surface area (Å²) >= 11 is 5.39. The van der Waals surface area contributed by atoms with E-state index in [2.05, 4.69) is 46.3 Å². The van der Waals surface area contributed by atoms with Gasteiger partial charge in [-0.05, 0) is 35.6 Å². The Kier molecular flexibility index (Phi) is 3.67. The van der Waals surface area contributed by atoms with Crippen molar-refractivity contribution in [1.29, 1.82) is 0 Å². The maximum absolute atomic E-state index is 13.2. The molecule has 96 valence electrons. The summed E-state index contributed by atoms with van der Waals surface area (Å²) < 4.78 is 14.2. The third-order valence-corrected chi connectivity index (χ3v) is 5.40. The molecule has 0 aliphatic heterocycles. The van der Waals surface area contributed by atoms with Crippen LogP contribution in [0.1, 0.15) is 15.3 Å². The van der Waals surface area contributed by atoms with Gasteiger partial charge in [0.05, 0.1) is 4.83 Å². The van der Waals surface area contributed by atoms with Crippen molar-refractivity contribution in [3.63, 3.8) is 0 Å². The highest BCUT2D eigenvalue weighted by molar-refractivity contribution is 9.09. The van der Waals surface area contributed by atoms with E-state index in [0.29, 0.717) is 0 Å². The predicted molar refractivity (Wildman–Crippen MR) is 83.6 cm³/mol. The highest BCUT2D eigenvalue weighted by atomic mass is 79.9. The van der Waals surface area contributed by atoms with Gasteiger partial charge in [-0.25, -0.2) is 4.39 Å². The van der Waals surface area contributed by atoms with E-state index in [1.54, 1.807) is 17.4 Å². The minimum atomic E-state index is -0.171. The molecule has 0 aliphatic carbocycles. The van der Waals surface area contributed by atoms with Crippen LogP contribution in [0.3, 0.4) is 0 Å². The molecule has 3 rings (SSSR count). The molecule has 0 radical (unpaired) electrons. The van der Waals surface area contributed by atoms with Gasteiger partial charge < -0.3 is 0 Å². The van der Waals surface area contributed by atoms with Gasteiger partial charge in [-0.1, -0.05) is 52.3 Å². The average Bonchev–Trinajstić information content (AvgIpc) is 2.83. The zero-order chi connectivity index (χ0) is 13.2. The highest BCUT2D eigenvalue weighted by Gasteiger charge is 2.12. The second-order valence-electron chi connectivity index (χ2n) is 4.49. The van der Waals surface area contributed by atoms with Gasteiger partial charge in [0, 0.05) is 9.58 Å². The molecule has 0 saturated carbocycles. The summed E-state index contributed by atoms with van der Waals surface area (Å²) in [5.74, 6) is -0.171. The predicted octanol–water partition coefficient (Wildman–Crippen LogP) is 5.72. The summed E-state index contributed by atoms with van der Waals surface area (Å²) in [6, 6.07) is 17.5. The topological polar surface area (TPSA) is 0 Å². The largest absolute Gasteiger partial charge is 0.207 e. The molecule has 1 atom stereocenters. The van der Waals surface area contributed by atoms with Gasteiger partial charge in [0.15, 0.2) is 0 Å². The minimum absolute atomic E-state index is 0.171. The van der Waals surface area contributed by atoms with Crippen LogP contribution in [0.5, 0.6) is 0 Å². The fraction of sp³-hybridized carbons (Fsp3) is 0.125. The summed E-state index contributed by atoms with van der Waals surface area (Å²) in [5, 5.41) is 1.11. The van der Waals surface area contributed by atoms with E-state index in [9.17, 15) is 4.39 Å². The van der Waals surface area contributed by atoms with Gasteiger partial charge in [-0.3, -0.25) is 0 Å². The van der Waals surface area contributed by atoms with Gasteiger partial charge in [0.2, 0.25) is 0 Å². The molecule has 3 aromatic rings. The maximum Gasteiger partial charge on any atom is 0.124 e. The van der Waals surface area contributed by atoms with Gasteiger partial charge in [0.25, 0.3) is 0 Å². The molecular weight excluding hydrogens is 323 g/mol. The molecule has 0 aliphatic rings. The van der Waals surface area contributed by atoms with E-state index in [-0.39, 0.29) is 10.6 Å². The first-order valence-electron chi connectivity index (χ1n) is 6.09. The SMILES string of the molecule is Fc1ccc2cc(C(Br)Cc3ccccc3)sc2c1. The standard InChI is InChI=1S/C16H12BrFS/c17-14(8-11-4-2-1-3-5-11)16-9-12-6-7-13(18)10-15(12)19-16/h1-7,9-10,14H,8H2. The van der Waals surface area contributed by atoms with Crippen molar-refractivity contribution in [2.24, 2.45) is 0 Å². The van der Waals surface area contributed by atoms with E-state index >= 15 is 0 Å². The van der Waals surface area contributed by atoms with Crippen LogP contribution < -0.4 is 0 Å². The van der Waals surface area contributed by atoms with Crippen molar-refractivity contribution in [2.75, 3.05) is 0 Å². The second-order valence-corrected chi connectivity index (χ2v) is 6.71. The van der Waals surface area contributed by atoms with Crippen LogP contribution in [0.4, 0.5) is 4.39 Å². The van der Waals surface area contributed by atoms with Crippen molar-refractivity contribution in [2.45, 2.75) is 11.2 Å². The molecule has 2 aromatic carbocycles. The first-order chi connectivity index (χ1) is 9.22. The maximum atomic E-state index is 13.2. The Morgan fingerprint density at radius 1 is 1.05 bits per heavy atom. The molecule has 0 saturated heterocycles. The van der Waals surface area contributed by atoms with E-state index in [1.807, 2.05) is 12.1 Å².